The van der Waals surface area contributed by atoms with Crippen LogP contribution in [0.25, 0.3) is 16.3 Å². The Kier molecular flexibility index (Phi) is 10.1. The first-order valence-electron chi connectivity index (χ1n) is 13.9. The maximum Gasteiger partial charge on any atom is 0.272 e. The second-order valence-corrected chi connectivity index (χ2v) is 11.7. The molecule has 10 heteroatoms. The lowest BCUT2D eigenvalue weighted by atomic mass is 10.1. The topological polar surface area (TPSA) is 109 Å². The fourth-order valence-electron chi connectivity index (χ4n) is 4.24. The molecule has 8 nitrogen and oxygen atoms in total. The Balaban J connectivity index is 1.28. The van der Waals surface area contributed by atoms with Gasteiger partial charge < -0.3 is 20.7 Å². The molecule has 0 aliphatic rings. The number of hydrogen-bond acceptors (Lipinski definition) is 7. The summed E-state index contributed by atoms with van der Waals surface area (Å²) in [6.45, 7) is 4.34. The molecule has 222 valence electrons. The Labute approximate surface area is 263 Å². The van der Waals surface area contributed by atoms with Crippen molar-refractivity contribution in [2.24, 2.45) is 0 Å². The highest BCUT2D eigenvalue weighted by Crippen LogP contribution is 2.28. The van der Waals surface area contributed by atoms with Crippen molar-refractivity contribution in [2.75, 3.05) is 23.0 Å². The van der Waals surface area contributed by atoms with Crippen molar-refractivity contribution in [1.29, 1.82) is 0 Å². The minimum Gasteiger partial charge on any atom is -0.493 e. The summed E-state index contributed by atoms with van der Waals surface area (Å²) in [5, 5.41) is 9.05. The number of hydrogen-bond donors (Lipinski definition) is 3. The van der Waals surface area contributed by atoms with Crippen LogP contribution in [0.15, 0.2) is 108 Å². The van der Waals surface area contributed by atoms with Crippen LogP contribution in [0.1, 0.15) is 28.4 Å². The summed E-state index contributed by atoms with van der Waals surface area (Å²) in [6.07, 6.45) is 1.59. The Morgan fingerprint density at radius 3 is 2.52 bits per heavy atom. The summed E-state index contributed by atoms with van der Waals surface area (Å²) in [5.41, 5.74) is 3.61. The first kappa shape index (κ1) is 30.5. The average Bonchev–Trinajstić information content (AvgIpc) is 3.42. The van der Waals surface area contributed by atoms with Gasteiger partial charge in [0.1, 0.15) is 11.4 Å². The lowest BCUT2D eigenvalue weighted by molar-refractivity contribution is -0.114. The number of thioether (sulfide) groups is 1. The van der Waals surface area contributed by atoms with Crippen LogP contribution >= 0.6 is 23.1 Å². The number of carbonyl (C=O) groups excluding carboxylic acids is 3. The lowest BCUT2D eigenvalue weighted by Crippen LogP contribution is -2.30. The van der Waals surface area contributed by atoms with E-state index in [1.54, 1.807) is 54.6 Å². The van der Waals surface area contributed by atoms with Crippen molar-refractivity contribution in [3.05, 3.63) is 119 Å². The highest BCUT2D eigenvalue weighted by Gasteiger charge is 2.17. The first-order chi connectivity index (χ1) is 21.4. The van der Waals surface area contributed by atoms with Gasteiger partial charge in [-0.3, -0.25) is 14.4 Å². The normalized spacial score (nSPS) is 11.2. The Hall–Kier alpha value is -4.93. The Morgan fingerprint density at radius 1 is 0.909 bits per heavy atom. The van der Waals surface area contributed by atoms with Crippen LogP contribution in [0.4, 0.5) is 10.8 Å². The van der Waals surface area contributed by atoms with Crippen LogP contribution < -0.4 is 20.7 Å². The largest absolute Gasteiger partial charge is 0.493 e. The summed E-state index contributed by atoms with van der Waals surface area (Å²) in [5.74, 6) is -0.348. The fourth-order valence-corrected chi connectivity index (χ4v) is 5.97. The van der Waals surface area contributed by atoms with Crippen LogP contribution in [0.5, 0.6) is 5.75 Å². The smallest absolute Gasteiger partial charge is 0.272 e. The van der Waals surface area contributed by atoms with Crippen LogP contribution in [0.2, 0.25) is 0 Å². The summed E-state index contributed by atoms with van der Waals surface area (Å²) in [7, 11) is 0. The van der Waals surface area contributed by atoms with Crippen molar-refractivity contribution >= 4 is 67.9 Å². The van der Waals surface area contributed by atoms with Gasteiger partial charge in [0.05, 0.1) is 22.6 Å². The number of rotatable bonds is 11. The van der Waals surface area contributed by atoms with E-state index in [-0.39, 0.29) is 17.4 Å². The predicted molar refractivity (Wildman–Crippen MR) is 178 cm³/mol. The quantitative estimate of drug-likeness (QED) is 0.107. The molecule has 0 fully saturated rings. The average molecular weight is 623 g/mol. The molecule has 0 saturated heterocycles. The molecule has 0 spiro atoms. The molecule has 4 aromatic carbocycles. The summed E-state index contributed by atoms with van der Waals surface area (Å²) in [4.78, 5) is 44.5. The minimum atomic E-state index is -0.508. The maximum absolute atomic E-state index is 13.5. The van der Waals surface area contributed by atoms with Crippen molar-refractivity contribution in [3.63, 3.8) is 0 Å². The van der Waals surface area contributed by atoms with Crippen LogP contribution in [-0.4, -0.2) is 35.1 Å². The summed E-state index contributed by atoms with van der Waals surface area (Å²) >= 11 is 2.77. The van der Waals surface area contributed by atoms with Crippen molar-refractivity contribution < 1.29 is 19.1 Å². The van der Waals surface area contributed by atoms with E-state index in [2.05, 4.69) is 20.9 Å². The molecule has 1 heterocycles. The van der Waals surface area contributed by atoms with Gasteiger partial charge in [0.2, 0.25) is 5.91 Å². The fraction of sp³-hybridized carbons (Fsp3) is 0.118. The number of nitrogens with one attached hydrogen (secondary N) is 3. The van der Waals surface area contributed by atoms with Gasteiger partial charge in [0.25, 0.3) is 11.8 Å². The first-order valence-corrected chi connectivity index (χ1v) is 15.7. The lowest BCUT2D eigenvalue weighted by Gasteiger charge is -2.13. The highest BCUT2D eigenvalue weighted by atomic mass is 32.2. The zero-order valence-electron chi connectivity index (χ0n) is 24.1. The van der Waals surface area contributed by atoms with Gasteiger partial charge in [0, 0.05) is 21.7 Å². The molecule has 0 saturated carbocycles. The molecular formula is C34H30N4O4S2. The van der Waals surface area contributed by atoms with Gasteiger partial charge in [-0.25, -0.2) is 4.98 Å². The molecule has 0 radical (unpaired) electrons. The molecule has 5 aromatic rings. The van der Waals surface area contributed by atoms with E-state index in [9.17, 15) is 14.4 Å². The van der Waals surface area contributed by atoms with Crippen LogP contribution in [-0.2, 0) is 9.59 Å². The molecule has 0 bridgehead atoms. The number of aromatic nitrogens is 1. The number of benzene rings is 4. The number of aryl methyl sites for hydroxylation is 1. The van der Waals surface area contributed by atoms with E-state index >= 15 is 0 Å². The molecule has 44 heavy (non-hydrogen) atoms. The second-order valence-electron chi connectivity index (χ2n) is 9.66. The standard InChI is InChI=1S/C34H30N4O4S2/c1-3-42-29-15-8-7-12-24(29)19-28(36-32(40)23-10-5-4-6-11-23)33(41)35-25-13-9-14-26(20-25)43-21-31(39)38-34-37-27-17-16-22(2)18-30(27)44-34/h4-20H,3,21H2,1-2H3,(H,35,41)(H,36,40)(H,37,38,39)/b28-19+. The Bertz CT molecular complexity index is 1840. The van der Waals surface area contributed by atoms with Crippen molar-refractivity contribution in [3.8, 4) is 5.75 Å². The molecule has 1 aromatic heterocycles. The number of amides is 3. The predicted octanol–water partition coefficient (Wildman–Crippen LogP) is 7.14. The third kappa shape index (κ3) is 8.12. The number of nitrogens with zero attached hydrogens (tertiary/aromatic N) is 1. The molecule has 3 amide bonds. The van der Waals surface area contributed by atoms with Crippen LogP contribution in [0.3, 0.4) is 0 Å². The van der Waals surface area contributed by atoms with Gasteiger partial charge in [-0.1, -0.05) is 59.9 Å². The van der Waals surface area contributed by atoms with E-state index in [0.29, 0.717) is 34.3 Å². The van der Waals surface area contributed by atoms with Gasteiger partial charge in [0.15, 0.2) is 5.13 Å². The second kappa shape index (κ2) is 14.5. The third-order valence-corrected chi connectivity index (χ3v) is 8.23. The monoisotopic (exact) mass is 622 g/mol. The number of carbonyl (C=O) groups is 3. The van der Waals surface area contributed by atoms with Crippen LogP contribution in [0, 0.1) is 6.92 Å². The van der Waals surface area contributed by atoms with E-state index in [1.165, 1.54) is 23.1 Å². The van der Waals surface area contributed by atoms with Gasteiger partial charge in [-0.15, -0.1) is 11.8 Å². The van der Waals surface area contributed by atoms with Gasteiger partial charge >= 0.3 is 0 Å². The van der Waals surface area contributed by atoms with Gasteiger partial charge in [-0.2, -0.15) is 0 Å². The van der Waals surface area contributed by atoms with E-state index in [4.69, 9.17) is 4.74 Å². The molecule has 3 N–H and O–H groups in total. The maximum atomic E-state index is 13.5. The third-order valence-electron chi connectivity index (χ3n) is 6.30. The van der Waals surface area contributed by atoms with Crippen molar-refractivity contribution in [1.82, 2.24) is 10.3 Å². The number of thiazole rings is 1. The van der Waals surface area contributed by atoms with E-state index in [0.717, 1.165) is 20.7 Å². The minimum absolute atomic E-state index is 0.0504. The molecule has 0 unspecified atom stereocenters. The van der Waals surface area contributed by atoms with E-state index in [1.807, 2.05) is 62.4 Å². The molecule has 5 rings (SSSR count). The molecular weight excluding hydrogens is 593 g/mol. The van der Waals surface area contributed by atoms with E-state index < -0.39 is 11.8 Å². The zero-order valence-corrected chi connectivity index (χ0v) is 25.8. The van der Waals surface area contributed by atoms with Crippen molar-refractivity contribution in [2.45, 2.75) is 18.7 Å². The Morgan fingerprint density at radius 2 is 1.70 bits per heavy atom. The molecule has 0 aliphatic carbocycles. The molecule has 0 aliphatic heterocycles. The molecule has 0 atom stereocenters. The number of para-hydroxylation sites is 1. The number of fused-ring (bicyclic) bond motifs is 1. The number of anilines is 2. The zero-order chi connectivity index (χ0) is 30.9. The highest BCUT2D eigenvalue weighted by molar-refractivity contribution is 8.00. The SMILES string of the molecule is CCOc1ccccc1/C=C(/NC(=O)c1ccccc1)C(=O)Nc1cccc(SCC(=O)Nc2nc3ccc(C)cc3s2)c1. The summed E-state index contributed by atoms with van der Waals surface area (Å²) in [6, 6.07) is 29.1. The number of ether oxygens (including phenoxy) is 1. The summed E-state index contributed by atoms with van der Waals surface area (Å²) < 4.78 is 6.74. The van der Waals surface area contributed by atoms with Gasteiger partial charge in [-0.05, 0) is 74.0 Å².